The first-order valence-electron chi connectivity index (χ1n) is 10.2. The minimum Gasteiger partial charge on any atom is -0.382 e. The Labute approximate surface area is 191 Å². The van der Waals surface area contributed by atoms with E-state index in [1.54, 1.807) is 6.92 Å². The van der Waals surface area contributed by atoms with Crippen molar-refractivity contribution >= 4 is 45.6 Å². The number of carbonyl (C=O) groups excluding carboxylic acids is 3. The van der Waals surface area contributed by atoms with Gasteiger partial charge in [0.05, 0.1) is 0 Å². The molecule has 1 aromatic carbocycles. The maximum atomic E-state index is 13.4. The molecule has 0 aliphatic heterocycles. The standard InChI is InChI=1S/C21H21FN6O4S/c1-10(19(24)30)28(13-7-5-11(22)6-8-13)21-26-18(23)17(33-21)16(29)15-9-14(27-32-15)20(31)25-12-3-2-4-12/h5-10,12H,2-4,23H2,1H3,(H2,24,30)(H,25,31)/t10-/m1/s1. The van der Waals surface area contributed by atoms with Crippen molar-refractivity contribution in [1.29, 1.82) is 0 Å². The van der Waals surface area contributed by atoms with Crippen molar-refractivity contribution in [3.8, 4) is 0 Å². The summed E-state index contributed by atoms with van der Waals surface area (Å²) in [7, 11) is 0. The van der Waals surface area contributed by atoms with E-state index in [4.69, 9.17) is 16.0 Å². The first kappa shape index (κ1) is 22.4. The van der Waals surface area contributed by atoms with Gasteiger partial charge in [-0.25, -0.2) is 9.37 Å². The lowest BCUT2D eigenvalue weighted by atomic mass is 9.93. The van der Waals surface area contributed by atoms with Crippen molar-refractivity contribution in [1.82, 2.24) is 15.5 Å². The van der Waals surface area contributed by atoms with Crippen LogP contribution >= 0.6 is 11.3 Å². The minimum atomic E-state index is -0.865. The SMILES string of the molecule is C[C@H](C(N)=O)N(c1ccc(F)cc1)c1nc(N)c(C(=O)c2cc(C(=O)NC3CCC3)no2)s1. The normalized spacial score (nSPS) is 14.4. The Balaban J connectivity index is 1.61. The molecule has 1 fully saturated rings. The van der Waals surface area contributed by atoms with Crippen LogP contribution < -0.4 is 21.7 Å². The van der Waals surface area contributed by atoms with Gasteiger partial charge in [-0.05, 0) is 50.5 Å². The molecule has 4 rings (SSSR count). The van der Waals surface area contributed by atoms with Crippen LogP contribution in [0.2, 0.25) is 0 Å². The van der Waals surface area contributed by atoms with Crippen LogP contribution in [0.3, 0.4) is 0 Å². The second kappa shape index (κ2) is 8.98. The Morgan fingerprint density at radius 2 is 1.97 bits per heavy atom. The number of nitrogens with two attached hydrogens (primary N) is 2. The van der Waals surface area contributed by atoms with E-state index in [1.165, 1.54) is 35.2 Å². The number of anilines is 3. The van der Waals surface area contributed by atoms with E-state index >= 15 is 0 Å². The van der Waals surface area contributed by atoms with Crippen molar-refractivity contribution < 1.29 is 23.3 Å². The van der Waals surface area contributed by atoms with E-state index in [1.807, 2.05) is 0 Å². The third-order valence-electron chi connectivity index (χ3n) is 5.37. The van der Waals surface area contributed by atoms with Gasteiger partial charge in [0.25, 0.3) is 5.91 Å². The molecule has 0 unspecified atom stereocenters. The fourth-order valence-corrected chi connectivity index (χ4v) is 4.26. The molecule has 1 aliphatic carbocycles. The van der Waals surface area contributed by atoms with Crippen LogP contribution in [0.15, 0.2) is 34.9 Å². The summed E-state index contributed by atoms with van der Waals surface area (Å²) in [4.78, 5) is 42.8. The lowest BCUT2D eigenvalue weighted by Gasteiger charge is -2.26. The predicted octanol–water partition coefficient (Wildman–Crippen LogP) is 2.38. The molecule has 0 radical (unpaired) electrons. The van der Waals surface area contributed by atoms with E-state index in [0.29, 0.717) is 5.69 Å². The van der Waals surface area contributed by atoms with Crippen LogP contribution in [0, 0.1) is 5.82 Å². The number of carbonyl (C=O) groups is 3. The summed E-state index contributed by atoms with van der Waals surface area (Å²) >= 11 is 0.907. The van der Waals surface area contributed by atoms with Gasteiger partial charge in [0, 0.05) is 17.8 Å². The minimum absolute atomic E-state index is 0.0103. The lowest BCUT2D eigenvalue weighted by Crippen LogP contribution is -2.39. The summed E-state index contributed by atoms with van der Waals surface area (Å²) < 4.78 is 18.5. The molecule has 5 N–H and O–H groups in total. The first-order chi connectivity index (χ1) is 15.7. The van der Waals surface area contributed by atoms with Crippen LogP contribution in [0.25, 0.3) is 0 Å². The summed E-state index contributed by atoms with van der Waals surface area (Å²) in [6.07, 6.45) is 2.87. The fraction of sp³-hybridized carbons (Fsp3) is 0.286. The van der Waals surface area contributed by atoms with Gasteiger partial charge >= 0.3 is 0 Å². The molecule has 0 spiro atoms. The number of amides is 2. The molecule has 2 heterocycles. The van der Waals surface area contributed by atoms with Gasteiger partial charge in [0.15, 0.2) is 10.8 Å². The average Bonchev–Trinajstić information content (AvgIpc) is 3.39. The number of nitrogens with zero attached hydrogens (tertiary/aromatic N) is 3. The fourth-order valence-electron chi connectivity index (χ4n) is 3.23. The Kier molecular flexibility index (Phi) is 6.09. The lowest BCUT2D eigenvalue weighted by molar-refractivity contribution is -0.118. The maximum absolute atomic E-state index is 13.4. The highest BCUT2D eigenvalue weighted by Gasteiger charge is 2.29. The number of nitrogen functional groups attached to an aromatic ring is 1. The number of hydrogen-bond acceptors (Lipinski definition) is 9. The van der Waals surface area contributed by atoms with Gasteiger partial charge in [0.2, 0.25) is 17.5 Å². The summed E-state index contributed by atoms with van der Waals surface area (Å²) in [5, 5.41) is 6.70. The van der Waals surface area contributed by atoms with E-state index in [0.717, 1.165) is 30.6 Å². The second-order valence-electron chi connectivity index (χ2n) is 7.64. The quantitative estimate of drug-likeness (QED) is 0.422. The number of primary amides is 1. The molecule has 0 bridgehead atoms. The van der Waals surface area contributed by atoms with E-state index < -0.39 is 29.5 Å². The average molecular weight is 473 g/mol. The Bertz CT molecular complexity index is 1200. The number of halogens is 1. The van der Waals surface area contributed by atoms with Gasteiger partial charge < -0.3 is 26.2 Å². The van der Waals surface area contributed by atoms with Crippen molar-refractivity contribution in [2.75, 3.05) is 10.6 Å². The highest BCUT2D eigenvalue weighted by atomic mass is 32.1. The summed E-state index contributed by atoms with van der Waals surface area (Å²) in [5.74, 6) is -2.41. The summed E-state index contributed by atoms with van der Waals surface area (Å²) in [5.41, 5.74) is 11.9. The number of aromatic nitrogens is 2. The van der Waals surface area contributed by atoms with Gasteiger partial charge in [-0.3, -0.25) is 14.4 Å². The van der Waals surface area contributed by atoms with Crippen molar-refractivity contribution in [2.24, 2.45) is 5.73 Å². The Morgan fingerprint density at radius 3 is 2.58 bits per heavy atom. The number of hydrogen-bond donors (Lipinski definition) is 3. The third-order valence-corrected chi connectivity index (χ3v) is 6.43. The number of thiazole rings is 1. The van der Waals surface area contributed by atoms with Crippen LogP contribution in [0.4, 0.5) is 21.0 Å². The molecule has 1 saturated carbocycles. The molecule has 3 aromatic rings. The number of ketones is 1. The van der Waals surface area contributed by atoms with Crippen LogP contribution in [0.5, 0.6) is 0 Å². The van der Waals surface area contributed by atoms with Gasteiger partial charge in [0.1, 0.15) is 22.6 Å². The molecule has 1 aliphatic rings. The van der Waals surface area contributed by atoms with Crippen molar-refractivity contribution in [3.05, 3.63) is 52.5 Å². The summed E-state index contributed by atoms with van der Waals surface area (Å²) in [6, 6.07) is 5.86. The molecule has 172 valence electrons. The van der Waals surface area contributed by atoms with Crippen LogP contribution in [-0.4, -0.2) is 39.8 Å². The topological polar surface area (TPSA) is 157 Å². The Morgan fingerprint density at radius 1 is 1.27 bits per heavy atom. The van der Waals surface area contributed by atoms with E-state index in [-0.39, 0.29) is 33.3 Å². The third kappa shape index (κ3) is 4.55. The monoisotopic (exact) mass is 472 g/mol. The molecule has 12 heteroatoms. The van der Waals surface area contributed by atoms with Crippen LogP contribution in [-0.2, 0) is 4.79 Å². The maximum Gasteiger partial charge on any atom is 0.273 e. The summed E-state index contributed by atoms with van der Waals surface area (Å²) in [6.45, 7) is 1.55. The molecule has 10 nitrogen and oxygen atoms in total. The predicted molar refractivity (Wildman–Crippen MR) is 119 cm³/mol. The van der Waals surface area contributed by atoms with E-state index in [2.05, 4.69) is 15.5 Å². The number of nitrogens with one attached hydrogen (secondary N) is 1. The molecule has 0 saturated heterocycles. The largest absolute Gasteiger partial charge is 0.382 e. The van der Waals surface area contributed by atoms with Gasteiger partial charge in [-0.1, -0.05) is 16.5 Å². The molecule has 2 aromatic heterocycles. The molecule has 2 amide bonds. The highest BCUT2D eigenvalue weighted by Crippen LogP contribution is 2.36. The molecular weight excluding hydrogens is 451 g/mol. The molecule has 1 atom stereocenters. The second-order valence-corrected chi connectivity index (χ2v) is 8.62. The van der Waals surface area contributed by atoms with Crippen molar-refractivity contribution in [2.45, 2.75) is 38.3 Å². The van der Waals surface area contributed by atoms with Gasteiger partial charge in [-0.15, -0.1) is 0 Å². The smallest absolute Gasteiger partial charge is 0.273 e. The first-order valence-corrected chi connectivity index (χ1v) is 11.0. The van der Waals surface area contributed by atoms with Crippen LogP contribution in [0.1, 0.15) is 52.1 Å². The zero-order chi connectivity index (χ0) is 23.7. The highest BCUT2D eigenvalue weighted by molar-refractivity contribution is 7.18. The molecule has 33 heavy (non-hydrogen) atoms. The van der Waals surface area contributed by atoms with Crippen molar-refractivity contribution in [3.63, 3.8) is 0 Å². The number of benzene rings is 1. The van der Waals surface area contributed by atoms with E-state index in [9.17, 15) is 18.8 Å². The van der Waals surface area contributed by atoms with Gasteiger partial charge in [-0.2, -0.15) is 0 Å². The molecular formula is C21H21FN6O4S. The number of rotatable bonds is 8. The Hall–Kier alpha value is -3.80. The zero-order valence-electron chi connectivity index (χ0n) is 17.6. The zero-order valence-corrected chi connectivity index (χ0v) is 18.4.